The predicted molar refractivity (Wildman–Crippen MR) is 109 cm³/mol. The third kappa shape index (κ3) is 4.30. The molecule has 2 saturated heterocycles. The van der Waals surface area contributed by atoms with Crippen LogP contribution < -0.4 is 0 Å². The normalized spacial score (nSPS) is 23.4. The Morgan fingerprint density at radius 3 is 2.81 bits per heavy atom. The highest BCUT2D eigenvalue weighted by Gasteiger charge is 2.52. The smallest absolute Gasteiger partial charge is 0.356 e. The SMILES string of the molecule is COC(=O)c1[nH]ncc1CN1CC[C@]2(c3ccccc3)[C@@H](C1)OCC(=O)N2C.O=CO. The van der Waals surface area contributed by atoms with Gasteiger partial charge in [0.15, 0.2) is 0 Å². The average molecular weight is 430 g/mol. The fraction of sp³-hybridized carbons (Fsp3) is 0.429. The van der Waals surface area contributed by atoms with Gasteiger partial charge in [-0.05, 0) is 12.0 Å². The van der Waals surface area contributed by atoms with E-state index in [1.807, 2.05) is 30.1 Å². The largest absolute Gasteiger partial charge is 0.483 e. The summed E-state index contributed by atoms with van der Waals surface area (Å²) in [6, 6.07) is 10.1. The number of esters is 1. The number of hydrogen-bond donors (Lipinski definition) is 2. The van der Waals surface area contributed by atoms with Crippen LogP contribution in [0.4, 0.5) is 0 Å². The molecule has 1 aromatic heterocycles. The minimum Gasteiger partial charge on any atom is -0.483 e. The van der Waals surface area contributed by atoms with Gasteiger partial charge >= 0.3 is 5.97 Å². The molecule has 10 nitrogen and oxygen atoms in total. The Morgan fingerprint density at radius 1 is 1.42 bits per heavy atom. The van der Waals surface area contributed by atoms with Crippen molar-refractivity contribution in [3.8, 4) is 0 Å². The molecule has 10 heteroatoms. The fourth-order valence-electron chi connectivity index (χ4n) is 4.38. The molecule has 4 rings (SSSR count). The summed E-state index contributed by atoms with van der Waals surface area (Å²) in [6.45, 7) is 1.81. The number of piperidine rings is 1. The zero-order valence-corrected chi connectivity index (χ0v) is 17.5. The number of carbonyl (C=O) groups is 3. The molecule has 2 fully saturated rings. The molecule has 2 N–H and O–H groups in total. The van der Waals surface area contributed by atoms with Crippen molar-refractivity contribution >= 4 is 18.3 Å². The van der Waals surface area contributed by atoms with Crippen LogP contribution in [0.25, 0.3) is 0 Å². The van der Waals surface area contributed by atoms with Crippen molar-refractivity contribution in [1.29, 1.82) is 0 Å². The first-order chi connectivity index (χ1) is 15.0. The summed E-state index contributed by atoms with van der Waals surface area (Å²) in [5.41, 5.74) is 1.78. The lowest BCUT2D eigenvalue weighted by atomic mass is 9.76. The van der Waals surface area contributed by atoms with Gasteiger partial charge in [0.25, 0.3) is 6.47 Å². The molecule has 1 aromatic carbocycles. The standard InChI is InChI=1S/C20H24N4O4.CH2O2/c1-23-17(25)13-28-16-12-24(11-14-10-21-22-18(14)19(26)27-2)9-8-20(16,23)15-6-4-3-5-7-15;2-1-3/h3-7,10,16H,8-9,11-13H2,1-2H3,(H,21,22);1H,(H,2,3)/t16-,20+;/m1./s1. The second kappa shape index (κ2) is 9.71. The van der Waals surface area contributed by atoms with E-state index in [0.717, 1.165) is 24.1 Å². The molecule has 2 aliphatic rings. The van der Waals surface area contributed by atoms with Gasteiger partial charge in [0.05, 0.1) is 24.9 Å². The van der Waals surface area contributed by atoms with Gasteiger partial charge in [-0.3, -0.25) is 19.6 Å². The number of ether oxygens (including phenoxy) is 2. The Bertz CT molecular complexity index is 918. The van der Waals surface area contributed by atoms with E-state index in [1.165, 1.54) is 7.11 Å². The van der Waals surface area contributed by atoms with Crippen molar-refractivity contribution < 1.29 is 29.0 Å². The lowest BCUT2D eigenvalue weighted by molar-refractivity contribution is -0.183. The summed E-state index contributed by atoms with van der Waals surface area (Å²) in [6.07, 6.45) is 2.25. The Kier molecular flexibility index (Phi) is 7.03. The molecular formula is C21H26N4O6. The molecule has 2 aliphatic heterocycles. The molecule has 166 valence electrons. The van der Waals surface area contributed by atoms with Gasteiger partial charge in [-0.2, -0.15) is 5.10 Å². The number of rotatable bonds is 4. The van der Waals surface area contributed by atoms with Crippen LogP contribution in [0.1, 0.15) is 28.0 Å². The Labute approximate surface area is 179 Å². The second-order valence-corrected chi connectivity index (χ2v) is 7.40. The van der Waals surface area contributed by atoms with Crippen LogP contribution in [-0.4, -0.2) is 83.4 Å². The molecule has 2 atom stereocenters. The topological polar surface area (TPSA) is 125 Å². The van der Waals surface area contributed by atoms with Crippen molar-refractivity contribution in [2.45, 2.75) is 24.6 Å². The summed E-state index contributed by atoms with van der Waals surface area (Å²) >= 11 is 0. The van der Waals surface area contributed by atoms with Crippen LogP contribution in [0.15, 0.2) is 36.5 Å². The van der Waals surface area contributed by atoms with E-state index in [4.69, 9.17) is 19.4 Å². The molecule has 0 saturated carbocycles. The number of likely N-dealkylation sites (tertiary alicyclic amines) is 1. The lowest BCUT2D eigenvalue weighted by Gasteiger charge is -2.54. The summed E-state index contributed by atoms with van der Waals surface area (Å²) in [7, 11) is 3.22. The summed E-state index contributed by atoms with van der Waals surface area (Å²) < 4.78 is 10.8. The van der Waals surface area contributed by atoms with E-state index in [9.17, 15) is 9.59 Å². The highest BCUT2D eigenvalue weighted by atomic mass is 16.5. The number of aromatic amines is 1. The highest BCUT2D eigenvalue weighted by molar-refractivity contribution is 5.88. The first-order valence-electron chi connectivity index (χ1n) is 9.82. The number of carboxylic acid groups (broad SMARTS) is 1. The van der Waals surface area contributed by atoms with Gasteiger partial charge in [-0.15, -0.1) is 0 Å². The third-order valence-corrected chi connectivity index (χ3v) is 5.92. The van der Waals surface area contributed by atoms with Crippen LogP contribution >= 0.6 is 0 Å². The molecule has 0 bridgehead atoms. The molecule has 3 heterocycles. The van der Waals surface area contributed by atoms with Crippen molar-refractivity contribution in [2.24, 2.45) is 0 Å². The number of aromatic nitrogens is 2. The number of likely N-dealkylation sites (N-methyl/N-ethyl adjacent to an activating group) is 1. The van der Waals surface area contributed by atoms with Gasteiger partial charge in [-0.1, -0.05) is 30.3 Å². The van der Waals surface area contributed by atoms with Crippen molar-refractivity contribution in [2.75, 3.05) is 33.9 Å². The first-order valence-corrected chi connectivity index (χ1v) is 9.82. The summed E-state index contributed by atoms with van der Waals surface area (Å²) in [4.78, 5) is 36.8. The quantitative estimate of drug-likeness (QED) is 0.540. The Hall–Kier alpha value is -3.24. The molecule has 0 aliphatic carbocycles. The van der Waals surface area contributed by atoms with E-state index >= 15 is 0 Å². The third-order valence-electron chi connectivity index (χ3n) is 5.92. The van der Waals surface area contributed by atoms with Gasteiger partial charge in [-0.25, -0.2) is 4.79 Å². The molecule has 2 aromatic rings. The van der Waals surface area contributed by atoms with E-state index in [1.54, 1.807) is 6.20 Å². The highest BCUT2D eigenvalue weighted by Crippen LogP contribution is 2.42. The van der Waals surface area contributed by atoms with Crippen molar-refractivity contribution in [3.05, 3.63) is 53.3 Å². The van der Waals surface area contributed by atoms with Crippen LogP contribution in [0.5, 0.6) is 0 Å². The fourth-order valence-corrected chi connectivity index (χ4v) is 4.38. The zero-order valence-electron chi connectivity index (χ0n) is 17.5. The maximum absolute atomic E-state index is 12.4. The number of amides is 1. The van der Waals surface area contributed by atoms with Crippen LogP contribution in [0.2, 0.25) is 0 Å². The zero-order chi connectivity index (χ0) is 22.4. The van der Waals surface area contributed by atoms with E-state index in [0.29, 0.717) is 18.8 Å². The van der Waals surface area contributed by atoms with Gasteiger partial charge < -0.3 is 19.5 Å². The van der Waals surface area contributed by atoms with Crippen LogP contribution in [-0.2, 0) is 31.1 Å². The van der Waals surface area contributed by atoms with Crippen molar-refractivity contribution in [1.82, 2.24) is 20.0 Å². The van der Waals surface area contributed by atoms with Gasteiger partial charge in [0.2, 0.25) is 5.91 Å². The van der Waals surface area contributed by atoms with Crippen LogP contribution in [0.3, 0.4) is 0 Å². The molecule has 0 radical (unpaired) electrons. The average Bonchev–Trinajstić information content (AvgIpc) is 3.25. The summed E-state index contributed by atoms with van der Waals surface area (Å²) in [5.74, 6) is -0.432. The Morgan fingerprint density at radius 2 is 2.13 bits per heavy atom. The monoisotopic (exact) mass is 430 g/mol. The van der Waals surface area contributed by atoms with Crippen molar-refractivity contribution in [3.63, 3.8) is 0 Å². The number of methoxy groups -OCH3 is 1. The first kappa shape index (κ1) is 22.4. The number of nitrogens with zero attached hydrogens (tertiary/aromatic N) is 3. The van der Waals surface area contributed by atoms with E-state index in [2.05, 4.69) is 27.2 Å². The van der Waals surface area contributed by atoms with Crippen LogP contribution in [0, 0.1) is 0 Å². The maximum atomic E-state index is 12.4. The number of morpholine rings is 1. The number of carbonyl (C=O) groups excluding carboxylic acids is 2. The van der Waals surface area contributed by atoms with Gasteiger partial charge in [0.1, 0.15) is 12.3 Å². The molecule has 31 heavy (non-hydrogen) atoms. The number of fused-ring (bicyclic) bond motifs is 1. The molecular weight excluding hydrogens is 404 g/mol. The number of hydrogen-bond acceptors (Lipinski definition) is 7. The number of H-pyrrole nitrogens is 1. The molecule has 1 amide bonds. The number of benzene rings is 1. The minimum atomic E-state index is -0.478. The molecule has 0 unspecified atom stereocenters. The second-order valence-electron chi connectivity index (χ2n) is 7.40. The number of nitrogens with one attached hydrogen (secondary N) is 1. The minimum absolute atomic E-state index is 0.00337. The maximum Gasteiger partial charge on any atom is 0.356 e. The summed E-state index contributed by atoms with van der Waals surface area (Å²) in [5, 5.41) is 13.6. The predicted octanol–water partition coefficient (Wildman–Crippen LogP) is 0.856. The van der Waals surface area contributed by atoms with E-state index < -0.39 is 11.5 Å². The van der Waals surface area contributed by atoms with Gasteiger partial charge in [0, 0.05) is 32.2 Å². The van der Waals surface area contributed by atoms with E-state index in [-0.39, 0.29) is 25.1 Å². The Balaban J connectivity index is 0.000000858. The molecule has 0 spiro atoms. The lowest BCUT2D eigenvalue weighted by Crippen LogP contribution is -2.66.